The van der Waals surface area contributed by atoms with E-state index in [1.54, 1.807) is 56.5 Å². The van der Waals surface area contributed by atoms with Crippen LogP contribution in [0.3, 0.4) is 0 Å². The highest BCUT2D eigenvalue weighted by molar-refractivity contribution is 6.30. The van der Waals surface area contributed by atoms with Crippen molar-refractivity contribution in [2.45, 2.75) is 13.5 Å². The molecule has 0 fully saturated rings. The summed E-state index contributed by atoms with van der Waals surface area (Å²) >= 11 is 5.96. The zero-order valence-corrected chi connectivity index (χ0v) is 17.8. The Balaban J connectivity index is 1.79. The summed E-state index contributed by atoms with van der Waals surface area (Å²) in [6, 6.07) is 21.3. The molecule has 3 aromatic carbocycles. The molecule has 0 unspecified atom stereocenters. The van der Waals surface area contributed by atoms with E-state index in [2.05, 4.69) is 0 Å². The highest BCUT2D eigenvalue weighted by Crippen LogP contribution is 2.31. The van der Waals surface area contributed by atoms with Crippen LogP contribution in [0.4, 0.5) is 0 Å². The fourth-order valence-corrected chi connectivity index (χ4v) is 3.69. The van der Waals surface area contributed by atoms with E-state index in [1.807, 2.05) is 30.3 Å². The molecule has 0 spiro atoms. The van der Waals surface area contributed by atoms with Crippen molar-refractivity contribution < 1.29 is 19.1 Å². The fourth-order valence-electron chi connectivity index (χ4n) is 3.56. The number of benzene rings is 3. The molecule has 0 aliphatic rings. The first kappa shape index (κ1) is 20.7. The number of fused-ring (bicyclic) bond motifs is 1. The number of esters is 1. The number of methoxy groups -OCH3 is 1. The van der Waals surface area contributed by atoms with Crippen molar-refractivity contribution in [2.75, 3.05) is 7.11 Å². The van der Waals surface area contributed by atoms with Crippen molar-refractivity contribution in [1.82, 2.24) is 4.57 Å². The van der Waals surface area contributed by atoms with Gasteiger partial charge in [0.2, 0.25) is 0 Å². The largest absolute Gasteiger partial charge is 0.497 e. The summed E-state index contributed by atoms with van der Waals surface area (Å²) in [5.74, 6) is -0.172. The molecule has 1 aromatic heterocycles. The number of nitrogens with zero attached hydrogens (tertiary/aromatic N) is 1. The van der Waals surface area contributed by atoms with E-state index in [-0.39, 0.29) is 12.5 Å². The molecule has 156 valence electrons. The van der Waals surface area contributed by atoms with Crippen LogP contribution >= 0.6 is 11.6 Å². The van der Waals surface area contributed by atoms with E-state index in [1.165, 1.54) is 4.57 Å². The Labute approximate surface area is 184 Å². The predicted octanol–water partition coefficient (Wildman–Crippen LogP) is 5.66. The van der Waals surface area contributed by atoms with Gasteiger partial charge in [0.25, 0.3) is 5.91 Å². The molecule has 4 aromatic rings. The Bertz CT molecular complexity index is 1260. The maximum Gasteiger partial charge on any atom is 0.340 e. The Morgan fingerprint density at radius 1 is 0.968 bits per heavy atom. The fraction of sp³-hybridized carbons (Fsp3) is 0.120. The van der Waals surface area contributed by atoms with Gasteiger partial charge in [-0.1, -0.05) is 41.9 Å². The normalized spacial score (nSPS) is 10.8. The molecule has 1 heterocycles. The van der Waals surface area contributed by atoms with E-state index in [0.29, 0.717) is 38.5 Å². The van der Waals surface area contributed by atoms with Gasteiger partial charge >= 0.3 is 5.97 Å². The average Bonchev–Trinajstić information content (AvgIpc) is 3.09. The maximum atomic E-state index is 13.3. The molecule has 0 aliphatic heterocycles. The van der Waals surface area contributed by atoms with Crippen molar-refractivity contribution in [3.05, 3.63) is 100 Å². The smallest absolute Gasteiger partial charge is 0.340 e. The monoisotopic (exact) mass is 433 g/mol. The Hall–Kier alpha value is -3.57. The summed E-state index contributed by atoms with van der Waals surface area (Å²) < 4.78 is 12.4. The summed E-state index contributed by atoms with van der Waals surface area (Å²) in [5.41, 5.74) is 2.79. The number of hydrogen-bond donors (Lipinski definition) is 0. The first-order chi connectivity index (χ1) is 15.0. The SMILES string of the molecule is COc1ccc2c(c1)c(C(=O)OCc1ccccc1)c(C)n2C(=O)c1ccc(Cl)cc1. The Morgan fingerprint density at radius 3 is 2.35 bits per heavy atom. The van der Waals surface area contributed by atoms with Gasteiger partial charge in [0.05, 0.1) is 18.2 Å². The second-order valence-electron chi connectivity index (χ2n) is 7.05. The number of halogens is 1. The molecular formula is C25H20ClNO4. The Kier molecular flexibility index (Phi) is 5.78. The van der Waals surface area contributed by atoms with Crippen LogP contribution < -0.4 is 4.74 Å². The van der Waals surface area contributed by atoms with Gasteiger partial charge in [-0.25, -0.2) is 4.79 Å². The lowest BCUT2D eigenvalue weighted by Crippen LogP contribution is -2.15. The zero-order chi connectivity index (χ0) is 22.0. The van der Waals surface area contributed by atoms with Crippen LogP contribution in [0.2, 0.25) is 5.02 Å². The van der Waals surface area contributed by atoms with E-state index in [9.17, 15) is 9.59 Å². The zero-order valence-electron chi connectivity index (χ0n) is 17.1. The van der Waals surface area contributed by atoms with Gasteiger partial charge in [0.15, 0.2) is 0 Å². The van der Waals surface area contributed by atoms with Gasteiger partial charge in [0.1, 0.15) is 12.4 Å². The summed E-state index contributed by atoms with van der Waals surface area (Å²) in [7, 11) is 1.55. The lowest BCUT2D eigenvalue weighted by Gasteiger charge is -2.08. The number of hydrogen-bond acceptors (Lipinski definition) is 4. The van der Waals surface area contributed by atoms with E-state index in [4.69, 9.17) is 21.1 Å². The van der Waals surface area contributed by atoms with Crippen LogP contribution in [-0.4, -0.2) is 23.6 Å². The van der Waals surface area contributed by atoms with Crippen molar-refractivity contribution >= 4 is 34.4 Å². The number of carbonyl (C=O) groups is 2. The van der Waals surface area contributed by atoms with Crippen LogP contribution in [-0.2, 0) is 11.3 Å². The van der Waals surface area contributed by atoms with E-state index >= 15 is 0 Å². The maximum absolute atomic E-state index is 13.3. The summed E-state index contributed by atoms with van der Waals surface area (Å²) in [6.07, 6.45) is 0. The molecule has 0 bridgehead atoms. The molecule has 5 nitrogen and oxygen atoms in total. The van der Waals surface area contributed by atoms with Crippen LogP contribution in [0.15, 0.2) is 72.8 Å². The third kappa shape index (κ3) is 4.05. The highest BCUT2D eigenvalue weighted by Gasteiger charge is 2.25. The van der Waals surface area contributed by atoms with Gasteiger partial charge < -0.3 is 9.47 Å². The van der Waals surface area contributed by atoms with Gasteiger partial charge in [0, 0.05) is 21.7 Å². The number of rotatable bonds is 5. The molecule has 0 amide bonds. The molecule has 31 heavy (non-hydrogen) atoms. The van der Waals surface area contributed by atoms with Crippen molar-refractivity contribution in [3.8, 4) is 5.75 Å². The lowest BCUT2D eigenvalue weighted by atomic mass is 10.1. The molecular weight excluding hydrogens is 414 g/mol. The lowest BCUT2D eigenvalue weighted by molar-refractivity contribution is 0.0474. The molecule has 0 saturated carbocycles. The first-order valence-electron chi connectivity index (χ1n) is 9.70. The van der Waals surface area contributed by atoms with E-state index in [0.717, 1.165) is 5.56 Å². The van der Waals surface area contributed by atoms with Crippen molar-refractivity contribution in [2.24, 2.45) is 0 Å². The second kappa shape index (κ2) is 8.66. The number of carbonyl (C=O) groups excluding carboxylic acids is 2. The quantitative estimate of drug-likeness (QED) is 0.381. The molecule has 0 N–H and O–H groups in total. The molecule has 0 radical (unpaired) electrons. The second-order valence-corrected chi connectivity index (χ2v) is 7.49. The van der Waals surface area contributed by atoms with E-state index < -0.39 is 5.97 Å². The molecule has 4 rings (SSSR count). The topological polar surface area (TPSA) is 57.5 Å². The van der Waals surface area contributed by atoms with Crippen LogP contribution in [0.1, 0.15) is 32.0 Å². The van der Waals surface area contributed by atoms with Crippen LogP contribution in [0.5, 0.6) is 5.75 Å². The number of aromatic nitrogens is 1. The molecule has 0 aliphatic carbocycles. The Morgan fingerprint density at radius 2 is 1.68 bits per heavy atom. The minimum Gasteiger partial charge on any atom is -0.497 e. The van der Waals surface area contributed by atoms with Gasteiger partial charge in [-0.05, 0) is 55.0 Å². The number of ether oxygens (including phenoxy) is 2. The van der Waals surface area contributed by atoms with Gasteiger partial charge in [-0.2, -0.15) is 0 Å². The third-order valence-corrected chi connectivity index (χ3v) is 5.37. The minimum atomic E-state index is -0.498. The van der Waals surface area contributed by atoms with Crippen LogP contribution in [0, 0.1) is 6.92 Å². The standard InChI is InChI=1S/C25H20ClNO4/c1-16-23(25(29)31-15-17-6-4-3-5-7-17)21-14-20(30-2)12-13-22(21)27(16)24(28)18-8-10-19(26)11-9-18/h3-14H,15H2,1-2H3. The molecule has 0 atom stereocenters. The van der Waals surface area contributed by atoms with Gasteiger partial charge in [-0.15, -0.1) is 0 Å². The third-order valence-electron chi connectivity index (χ3n) is 5.12. The predicted molar refractivity (Wildman–Crippen MR) is 120 cm³/mol. The molecule has 6 heteroatoms. The summed E-state index contributed by atoms with van der Waals surface area (Å²) in [6.45, 7) is 1.88. The minimum absolute atomic E-state index is 0.140. The van der Waals surface area contributed by atoms with Gasteiger partial charge in [-0.3, -0.25) is 9.36 Å². The van der Waals surface area contributed by atoms with Crippen LogP contribution in [0.25, 0.3) is 10.9 Å². The van der Waals surface area contributed by atoms with Crippen molar-refractivity contribution in [3.63, 3.8) is 0 Å². The highest BCUT2D eigenvalue weighted by atomic mass is 35.5. The first-order valence-corrected chi connectivity index (χ1v) is 10.1. The average molecular weight is 434 g/mol. The van der Waals surface area contributed by atoms with Crippen molar-refractivity contribution in [1.29, 1.82) is 0 Å². The molecule has 0 saturated heterocycles. The summed E-state index contributed by atoms with van der Waals surface area (Å²) in [4.78, 5) is 26.4. The summed E-state index contributed by atoms with van der Waals surface area (Å²) in [5, 5.41) is 1.14.